The van der Waals surface area contributed by atoms with E-state index in [1.54, 1.807) is 0 Å². The van der Waals surface area contributed by atoms with Gasteiger partial charge in [-0.2, -0.15) is 0 Å². The number of fused-ring (bicyclic) bond motifs is 1. The fraction of sp³-hybridized carbons (Fsp3) is 0.650. The van der Waals surface area contributed by atoms with Crippen LogP contribution in [0.2, 0.25) is 0 Å². The summed E-state index contributed by atoms with van der Waals surface area (Å²) in [7, 11) is 0. The lowest BCUT2D eigenvalue weighted by atomic mass is 10.1. The summed E-state index contributed by atoms with van der Waals surface area (Å²) in [5, 5.41) is 11.4. The Bertz CT molecular complexity index is 773. The third-order valence-electron chi connectivity index (χ3n) is 5.58. The number of aryl methyl sites for hydroxylation is 1. The van der Waals surface area contributed by atoms with E-state index in [0.717, 1.165) is 36.2 Å². The number of nitrogens with one attached hydrogen (secondary N) is 2. The Morgan fingerprint density at radius 2 is 1.92 bits per heavy atom. The molecule has 2 aromatic rings. The molecular formula is C20H28N4O2. The van der Waals surface area contributed by atoms with Gasteiger partial charge in [-0.25, -0.2) is 4.98 Å². The van der Waals surface area contributed by atoms with Crippen molar-refractivity contribution in [3.8, 4) is 0 Å². The van der Waals surface area contributed by atoms with Crippen LogP contribution in [0.4, 0.5) is 0 Å². The number of pyridine rings is 1. The molecule has 0 spiro atoms. The van der Waals surface area contributed by atoms with Crippen molar-refractivity contribution in [2.45, 2.75) is 70.3 Å². The van der Waals surface area contributed by atoms with Gasteiger partial charge in [-0.1, -0.05) is 30.8 Å². The number of amides is 1. The lowest BCUT2D eigenvalue weighted by Crippen LogP contribution is -2.37. The van der Waals surface area contributed by atoms with Crippen LogP contribution in [-0.2, 0) is 0 Å². The highest BCUT2D eigenvalue weighted by atomic mass is 16.5. The van der Waals surface area contributed by atoms with Gasteiger partial charge in [0.05, 0.1) is 16.6 Å². The fourth-order valence-corrected chi connectivity index (χ4v) is 3.91. The zero-order valence-electron chi connectivity index (χ0n) is 15.5. The zero-order valence-corrected chi connectivity index (χ0v) is 15.5. The highest BCUT2D eigenvalue weighted by Gasteiger charge is 2.28. The van der Waals surface area contributed by atoms with Gasteiger partial charge in [0.25, 0.3) is 11.6 Å². The lowest BCUT2D eigenvalue weighted by Gasteiger charge is -2.16. The van der Waals surface area contributed by atoms with Crippen LogP contribution in [0.3, 0.4) is 0 Å². The van der Waals surface area contributed by atoms with Crippen molar-refractivity contribution in [2.75, 3.05) is 13.1 Å². The predicted molar refractivity (Wildman–Crippen MR) is 100 cm³/mol. The van der Waals surface area contributed by atoms with E-state index in [9.17, 15) is 4.79 Å². The largest absolute Gasteiger partial charge is 0.351 e. The van der Waals surface area contributed by atoms with Crippen LogP contribution in [0.1, 0.15) is 79.0 Å². The summed E-state index contributed by atoms with van der Waals surface area (Å²) in [6, 6.07) is 2.53. The normalized spacial score (nSPS) is 18.8. The lowest BCUT2D eigenvalue weighted by molar-refractivity contribution is 0.0955. The molecule has 6 heteroatoms. The summed E-state index contributed by atoms with van der Waals surface area (Å²) >= 11 is 0. The molecule has 2 aliphatic rings. The summed E-state index contributed by atoms with van der Waals surface area (Å²) < 4.78 is 5.32. The fourth-order valence-electron chi connectivity index (χ4n) is 3.91. The topological polar surface area (TPSA) is 80.0 Å². The minimum absolute atomic E-state index is 0.0618. The van der Waals surface area contributed by atoms with Crippen molar-refractivity contribution in [2.24, 2.45) is 0 Å². The summed E-state index contributed by atoms with van der Waals surface area (Å²) in [6.45, 7) is 3.29. The molecule has 0 unspecified atom stereocenters. The molecule has 140 valence electrons. The molecule has 6 nitrogen and oxygen atoms in total. The molecule has 2 fully saturated rings. The number of nitrogens with zero attached hydrogens (tertiary/aromatic N) is 2. The molecular weight excluding hydrogens is 328 g/mol. The molecule has 2 heterocycles. The minimum Gasteiger partial charge on any atom is -0.351 e. The third-order valence-corrected chi connectivity index (χ3v) is 5.58. The van der Waals surface area contributed by atoms with E-state index in [1.165, 1.54) is 38.5 Å². The number of aromatic nitrogens is 2. The quantitative estimate of drug-likeness (QED) is 0.612. The van der Waals surface area contributed by atoms with E-state index in [1.807, 2.05) is 13.0 Å². The molecule has 0 atom stereocenters. The van der Waals surface area contributed by atoms with E-state index < -0.39 is 0 Å². The molecule has 2 N–H and O–H groups in total. The van der Waals surface area contributed by atoms with Crippen molar-refractivity contribution < 1.29 is 9.32 Å². The summed E-state index contributed by atoms with van der Waals surface area (Å²) in [6.07, 6.45) is 10.1. The van der Waals surface area contributed by atoms with Gasteiger partial charge in [-0.05, 0) is 38.7 Å². The molecule has 2 aliphatic carbocycles. The van der Waals surface area contributed by atoms with E-state index in [4.69, 9.17) is 4.52 Å². The molecule has 0 saturated heterocycles. The second-order valence-electron chi connectivity index (χ2n) is 7.72. The van der Waals surface area contributed by atoms with E-state index >= 15 is 0 Å². The molecule has 0 bridgehead atoms. The summed E-state index contributed by atoms with van der Waals surface area (Å²) in [5.41, 5.74) is 2.80. The standard InChI is InChI=1S/C20H28N4O2/c1-13-18-16(12-17(14-8-9-14)23-20(18)26-24-13)19(25)22-11-10-21-15-6-4-2-3-5-7-15/h12,14-15,21H,2-11H2,1H3,(H,22,25). The molecule has 1 amide bonds. The smallest absolute Gasteiger partial charge is 0.259 e. The third kappa shape index (κ3) is 3.90. The molecule has 2 saturated carbocycles. The number of carbonyl (C=O) groups excluding carboxylic acids is 1. The van der Waals surface area contributed by atoms with E-state index in [0.29, 0.717) is 29.8 Å². The Hall–Kier alpha value is -1.95. The monoisotopic (exact) mass is 356 g/mol. The van der Waals surface area contributed by atoms with Crippen LogP contribution in [0.5, 0.6) is 0 Å². The second kappa shape index (κ2) is 7.74. The minimum atomic E-state index is -0.0618. The number of carbonyl (C=O) groups is 1. The first kappa shape index (κ1) is 17.5. The van der Waals surface area contributed by atoms with E-state index in [-0.39, 0.29) is 5.91 Å². The predicted octanol–water partition coefficient (Wildman–Crippen LogP) is 3.45. The second-order valence-corrected chi connectivity index (χ2v) is 7.72. The molecule has 0 aromatic carbocycles. The van der Waals surface area contributed by atoms with Crippen molar-refractivity contribution in [1.82, 2.24) is 20.8 Å². The van der Waals surface area contributed by atoms with E-state index in [2.05, 4.69) is 20.8 Å². The molecule has 26 heavy (non-hydrogen) atoms. The van der Waals surface area contributed by atoms with Crippen molar-refractivity contribution in [3.63, 3.8) is 0 Å². The van der Waals surface area contributed by atoms with Gasteiger partial charge in [0, 0.05) is 30.7 Å². The van der Waals surface area contributed by atoms with Gasteiger partial charge in [0.15, 0.2) is 0 Å². The Morgan fingerprint density at radius 1 is 1.15 bits per heavy atom. The molecule has 0 radical (unpaired) electrons. The average Bonchev–Trinajstić information content (AvgIpc) is 3.46. The van der Waals surface area contributed by atoms with Gasteiger partial charge < -0.3 is 15.2 Å². The van der Waals surface area contributed by atoms with Crippen LogP contribution in [-0.4, -0.2) is 35.2 Å². The van der Waals surface area contributed by atoms with Gasteiger partial charge in [-0.15, -0.1) is 0 Å². The van der Waals surface area contributed by atoms with Gasteiger partial charge in [0.2, 0.25) is 0 Å². The maximum Gasteiger partial charge on any atom is 0.259 e. The van der Waals surface area contributed by atoms with Crippen LogP contribution >= 0.6 is 0 Å². The van der Waals surface area contributed by atoms with Crippen molar-refractivity contribution in [3.05, 3.63) is 23.0 Å². The molecule has 2 aromatic heterocycles. The molecule has 4 rings (SSSR count). The first-order chi connectivity index (χ1) is 12.7. The number of hydrogen-bond acceptors (Lipinski definition) is 5. The molecule has 0 aliphatic heterocycles. The first-order valence-electron chi connectivity index (χ1n) is 10.0. The maximum atomic E-state index is 12.8. The Kier molecular flexibility index (Phi) is 5.20. The zero-order chi connectivity index (χ0) is 17.9. The van der Waals surface area contributed by atoms with Crippen LogP contribution < -0.4 is 10.6 Å². The number of hydrogen-bond donors (Lipinski definition) is 2. The SMILES string of the molecule is Cc1noc2nc(C3CC3)cc(C(=O)NCCNC3CCCCCC3)c12. The number of rotatable bonds is 6. The average molecular weight is 356 g/mol. The van der Waals surface area contributed by atoms with Crippen LogP contribution in [0, 0.1) is 6.92 Å². The van der Waals surface area contributed by atoms with Gasteiger partial charge in [0.1, 0.15) is 0 Å². The maximum absolute atomic E-state index is 12.8. The highest BCUT2D eigenvalue weighted by Crippen LogP contribution is 2.40. The van der Waals surface area contributed by atoms with Crippen LogP contribution in [0.15, 0.2) is 10.6 Å². The summed E-state index contributed by atoms with van der Waals surface area (Å²) in [5.74, 6) is 0.404. The Morgan fingerprint density at radius 3 is 2.65 bits per heavy atom. The highest BCUT2D eigenvalue weighted by molar-refractivity contribution is 6.06. The van der Waals surface area contributed by atoms with Crippen molar-refractivity contribution >= 4 is 17.0 Å². The van der Waals surface area contributed by atoms with Gasteiger partial charge in [-0.3, -0.25) is 4.79 Å². The Balaban J connectivity index is 1.38. The van der Waals surface area contributed by atoms with Crippen molar-refractivity contribution in [1.29, 1.82) is 0 Å². The van der Waals surface area contributed by atoms with Crippen LogP contribution in [0.25, 0.3) is 11.1 Å². The van der Waals surface area contributed by atoms with Gasteiger partial charge >= 0.3 is 0 Å². The Labute approximate surface area is 154 Å². The first-order valence-corrected chi connectivity index (χ1v) is 10.0. The summed E-state index contributed by atoms with van der Waals surface area (Å²) in [4.78, 5) is 17.3.